The third kappa shape index (κ3) is 2.64. The predicted octanol–water partition coefficient (Wildman–Crippen LogP) is 3.11. The molecule has 1 N–H and O–H groups in total. The Morgan fingerprint density at radius 2 is 1.74 bits per heavy atom. The summed E-state index contributed by atoms with van der Waals surface area (Å²) in [5, 5.41) is 5.61. The number of halogens is 3. The van der Waals surface area contributed by atoms with Gasteiger partial charge in [0.1, 0.15) is 5.69 Å². The van der Waals surface area contributed by atoms with Crippen LogP contribution in [-0.2, 0) is 6.18 Å². The van der Waals surface area contributed by atoms with Crippen LogP contribution in [0.1, 0.15) is 5.69 Å². The monoisotopic (exact) mass is 272 g/mol. The Morgan fingerprint density at radius 1 is 1.05 bits per heavy atom. The highest BCUT2D eigenvalue weighted by atomic mass is 19.4. The summed E-state index contributed by atoms with van der Waals surface area (Å²) in [6.45, 7) is 0. The minimum atomic E-state index is -4.44. The van der Waals surface area contributed by atoms with Gasteiger partial charge in [0.15, 0.2) is 11.5 Å². The Labute approximate surface area is 107 Å². The molecule has 0 fully saturated rings. The van der Waals surface area contributed by atoms with E-state index in [0.717, 1.165) is 6.07 Å². The highest BCUT2D eigenvalue weighted by Crippen LogP contribution is 2.34. The molecular weight excluding hydrogens is 261 g/mol. The second kappa shape index (κ2) is 4.83. The third-order valence-corrected chi connectivity index (χ3v) is 2.56. The van der Waals surface area contributed by atoms with Crippen LogP contribution < -0.4 is 9.47 Å². The molecule has 7 heteroatoms. The lowest BCUT2D eigenvalue weighted by Crippen LogP contribution is -2.04. The van der Waals surface area contributed by atoms with Crippen molar-refractivity contribution in [1.82, 2.24) is 10.2 Å². The van der Waals surface area contributed by atoms with E-state index in [4.69, 9.17) is 9.47 Å². The fraction of sp³-hybridized carbons (Fsp3) is 0.250. The van der Waals surface area contributed by atoms with Crippen LogP contribution >= 0.6 is 0 Å². The number of alkyl halides is 3. The van der Waals surface area contributed by atoms with E-state index in [1.165, 1.54) is 14.2 Å². The third-order valence-electron chi connectivity index (χ3n) is 2.56. The van der Waals surface area contributed by atoms with Crippen molar-refractivity contribution >= 4 is 0 Å². The zero-order valence-corrected chi connectivity index (χ0v) is 10.2. The van der Waals surface area contributed by atoms with Gasteiger partial charge in [-0.2, -0.15) is 18.3 Å². The minimum Gasteiger partial charge on any atom is -0.493 e. The molecule has 1 aromatic carbocycles. The van der Waals surface area contributed by atoms with Gasteiger partial charge in [0.05, 0.1) is 19.9 Å². The van der Waals surface area contributed by atoms with Gasteiger partial charge in [0.25, 0.3) is 0 Å². The average molecular weight is 272 g/mol. The second-order valence-corrected chi connectivity index (χ2v) is 3.73. The van der Waals surface area contributed by atoms with Crippen molar-refractivity contribution in [3.63, 3.8) is 0 Å². The first-order valence-electron chi connectivity index (χ1n) is 5.30. The molecule has 0 spiro atoms. The van der Waals surface area contributed by atoms with Crippen LogP contribution in [-0.4, -0.2) is 24.4 Å². The molecule has 2 aromatic rings. The fourth-order valence-electron chi connectivity index (χ4n) is 1.61. The van der Waals surface area contributed by atoms with Crippen molar-refractivity contribution in [2.24, 2.45) is 0 Å². The zero-order chi connectivity index (χ0) is 14.0. The first kappa shape index (κ1) is 13.3. The maximum Gasteiger partial charge on any atom is 0.432 e. The van der Waals surface area contributed by atoms with Gasteiger partial charge in [0.2, 0.25) is 0 Å². The lowest BCUT2D eigenvalue weighted by atomic mass is 10.1. The van der Waals surface area contributed by atoms with Gasteiger partial charge in [-0.3, -0.25) is 5.10 Å². The summed E-state index contributed by atoms with van der Waals surface area (Å²) in [6.07, 6.45) is -4.44. The molecule has 0 amide bonds. The van der Waals surface area contributed by atoms with Crippen molar-refractivity contribution in [1.29, 1.82) is 0 Å². The number of hydrogen-bond acceptors (Lipinski definition) is 3. The number of H-pyrrole nitrogens is 1. The summed E-state index contributed by atoms with van der Waals surface area (Å²) in [5.74, 6) is 0.925. The molecule has 0 bridgehead atoms. The summed E-state index contributed by atoms with van der Waals surface area (Å²) in [7, 11) is 2.93. The Kier molecular flexibility index (Phi) is 3.37. The SMILES string of the molecule is COc1ccc(-c2cc(C(F)(F)F)[nH]n2)cc1OC. The van der Waals surface area contributed by atoms with E-state index in [2.05, 4.69) is 5.10 Å². The molecule has 102 valence electrons. The Balaban J connectivity index is 2.39. The quantitative estimate of drug-likeness (QED) is 0.933. The Hall–Kier alpha value is -2.18. The molecule has 0 saturated heterocycles. The number of aromatic amines is 1. The molecule has 2 rings (SSSR count). The van der Waals surface area contributed by atoms with Gasteiger partial charge in [-0.05, 0) is 24.3 Å². The molecule has 1 aromatic heterocycles. The molecule has 4 nitrogen and oxygen atoms in total. The van der Waals surface area contributed by atoms with Crippen LogP contribution in [0.3, 0.4) is 0 Å². The number of aromatic nitrogens is 2. The normalized spacial score (nSPS) is 11.4. The summed E-state index contributed by atoms with van der Waals surface area (Å²) >= 11 is 0. The van der Waals surface area contributed by atoms with Gasteiger partial charge in [-0.1, -0.05) is 0 Å². The van der Waals surface area contributed by atoms with Crippen LogP contribution in [0.2, 0.25) is 0 Å². The van der Waals surface area contributed by atoms with Gasteiger partial charge in [-0.15, -0.1) is 0 Å². The van der Waals surface area contributed by atoms with Gasteiger partial charge < -0.3 is 9.47 Å². The molecule has 0 unspecified atom stereocenters. The smallest absolute Gasteiger partial charge is 0.432 e. The fourth-order valence-corrected chi connectivity index (χ4v) is 1.61. The first-order chi connectivity index (χ1) is 8.95. The van der Waals surface area contributed by atoms with Gasteiger partial charge in [0, 0.05) is 5.56 Å². The molecule has 0 aliphatic rings. The predicted molar refractivity (Wildman–Crippen MR) is 62.1 cm³/mol. The number of methoxy groups -OCH3 is 2. The van der Waals surface area contributed by atoms with E-state index in [1.54, 1.807) is 18.2 Å². The molecule has 0 saturated carbocycles. The van der Waals surface area contributed by atoms with Crippen LogP contribution in [0.25, 0.3) is 11.3 Å². The van der Waals surface area contributed by atoms with Crippen LogP contribution in [0, 0.1) is 0 Å². The number of nitrogens with zero attached hydrogens (tertiary/aromatic N) is 1. The highest BCUT2D eigenvalue weighted by Gasteiger charge is 2.33. The largest absolute Gasteiger partial charge is 0.493 e. The van der Waals surface area contributed by atoms with Crippen molar-refractivity contribution in [2.75, 3.05) is 14.2 Å². The van der Waals surface area contributed by atoms with E-state index in [1.807, 2.05) is 5.10 Å². The maximum absolute atomic E-state index is 12.5. The molecule has 0 aliphatic carbocycles. The van der Waals surface area contributed by atoms with E-state index in [0.29, 0.717) is 17.1 Å². The lowest BCUT2D eigenvalue weighted by Gasteiger charge is -2.08. The Bertz CT molecular complexity index is 579. The standard InChI is InChI=1S/C12H11F3N2O2/c1-18-9-4-3-7(5-10(9)19-2)8-6-11(17-16-8)12(13,14)15/h3-6H,1-2H3,(H,16,17). The number of hydrogen-bond donors (Lipinski definition) is 1. The molecule has 0 atom stereocenters. The van der Waals surface area contributed by atoms with Gasteiger partial charge in [-0.25, -0.2) is 0 Å². The molecule has 0 radical (unpaired) electrons. The molecule has 19 heavy (non-hydrogen) atoms. The number of ether oxygens (including phenoxy) is 2. The molecule has 1 heterocycles. The van der Waals surface area contributed by atoms with Crippen LogP contribution in [0.4, 0.5) is 13.2 Å². The van der Waals surface area contributed by atoms with Crippen molar-refractivity contribution in [3.05, 3.63) is 30.0 Å². The van der Waals surface area contributed by atoms with E-state index >= 15 is 0 Å². The number of benzene rings is 1. The van der Waals surface area contributed by atoms with Crippen molar-refractivity contribution < 1.29 is 22.6 Å². The van der Waals surface area contributed by atoms with Gasteiger partial charge >= 0.3 is 6.18 Å². The summed E-state index contributed by atoms with van der Waals surface area (Å²) in [6, 6.07) is 5.73. The first-order valence-corrected chi connectivity index (χ1v) is 5.30. The average Bonchev–Trinajstić information content (AvgIpc) is 2.87. The van der Waals surface area contributed by atoms with E-state index in [9.17, 15) is 13.2 Å². The maximum atomic E-state index is 12.5. The van der Waals surface area contributed by atoms with Crippen LogP contribution in [0.15, 0.2) is 24.3 Å². The van der Waals surface area contributed by atoms with E-state index < -0.39 is 11.9 Å². The summed E-state index contributed by atoms with van der Waals surface area (Å²) < 4.78 is 47.5. The zero-order valence-electron chi connectivity index (χ0n) is 10.2. The van der Waals surface area contributed by atoms with E-state index in [-0.39, 0.29) is 5.69 Å². The summed E-state index contributed by atoms with van der Waals surface area (Å²) in [5.41, 5.74) is -0.199. The van der Waals surface area contributed by atoms with Crippen molar-refractivity contribution in [2.45, 2.75) is 6.18 Å². The minimum absolute atomic E-state index is 0.188. The number of nitrogens with one attached hydrogen (secondary N) is 1. The topological polar surface area (TPSA) is 47.1 Å². The Morgan fingerprint density at radius 3 is 2.26 bits per heavy atom. The molecular formula is C12H11F3N2O2. The highest BCUT2D eigenvalue weighted by molar-refractivity contribution is 5.64. The lowest BCUT2D eigenvalue weighted by molar-refractivity contribution is -0.141. The second-order valence-electron chi connectivity index (χ2n) is 3.73. The van der Waals surface area contributed by atoms with Crippen LogP contribution in [0.5, 0.6) is 11.5 Å². The van der Waals surface area contributed by atoms with Crippen molar-refractivity contribution in [3.8, 4) is 22.8 Å². The molecule has 0 aliphatic heterocycles. The number of rotatable bonds is 3. The summed E-state index contributed by atoms with van der Waals surface area (Å²) in [4.78, 5) is 0.